The van der Waals surface area contributed by atoms with Gasteiger partial charge in [-0.15, -0.1) is 0 Å². The van der Waals surface area contributed by atoms with Crippen LogP contribution in [-0.4, -0.2) is 30.4 Å². The van der Waals surface area contributed by atoms with E-state index in [1.807, 2.05) is 0 Å². The highest BCUT2D eigenvalue weighted by Crippen LogP contribution is 2.50. The molecule has 2 atom stereocenters. The monoisotopic (exact) mass is 242 g/mol. The van der Waals surface area contributed by atoms with Gasteiger partial charge in [0.2, 0.25) is 5.91 Å². The van der Waals surface area contributed by atoms with E-state index in [1.54, 1.807) is 0 Å². The molecule has 3 heterocycles. The topological polar surface area (TPSA) is 32.3 Å². The van der Waals surface area contributed by atoms with Gasteiger partial charge in [-0.1, -0.05) is 24.3 Å². The second-order valence-electron chi connectivity index (χ2n) is 5.74. The van der Waals surface area contributed by atoms with Crippen LogP contribution < -0.4 is 5.32 Å². The van der Waals surface area contributed by atoms with Crippen LogP contribution in [0.2, 0.25) is 0 Å². The quantitative estimate of drug-likeness (QED) is 0.743. The average molecular weight is 242 g/mol. The van der Waals surface area contributed by atoms with Gasteiger partial charge < -0.3 is 10.2 Å². The molecule has 1 spiro atoms. The molecule has 1 amide bonds. The van der Waals surface area contributed by atoms with Gasteiger partial charge in [-0.2, -0.15) is 0 Å². The van der Waals surface area contributed by atoms with Crippen molar-refractivity contribution >= 4 is 5.91 Å². The Bertz CT molecular complexity index is 513. The van der Waals surface area contributed by atoms with Crippen LogP contribution in [0.15, 0.2) is 24.3 Å². The Labute approximate surface area is 107 Å². The Morgan fingerprint density at radius 2 is 2.22 bits per heavy atom. The summed E-state index contributed by atoms with van der Waals surface area (Å²) in [7, 11) is 0. The maximum absolute atomic E-state index is 12.4. The summed E-state index contributed by atoms with van der Waals surface area (Å²) in [5, 5.41) is 3.49. The van der Waals surface area contributed by atoms with Gasteiger partial charge >= 0.3 is 0 Å². The number of carbonyl (C=O) groups excluding carboxylic acids is 1. The van der Waals surface area contributed by atoms with Gasteiger partial charge in [0.25, 0.3) is 0 Å². The molecule has 3 nitrogen and oxygen atoms in total. The zero-order valence-corrected chi connectivity index (χ0v) is 10.5. The van der Waals surface area contributed by atoms with Crippen molar-refractivity contribution < 1.29 is 4.79 Å². The highest BCUT2D eigenvalue weighted by Gasteiger charge is 2.55. The maximum Gasteiger partial charge on any atom is 0.227 e. The summed E-state index contributed by atoms with van der Waals surface area (Å²) in [4.78, 5) is 14.6. The predicted octanol–water partition coefficient (Wildman–Crippen LogP) is 1.28. The number of piperidine rings is 1. The van der Waals surface area contributed by atoms with Crippen LogP contribution in [0.5, 0.6) is 0 Å². The van der Waals surface area contributed by atoms with Crippen molar-refractivity contribution in [2.75, 3.05) is 19.6 Å². The Morgan fingerprint density at radius 1 is 1.33 bits per heavy atom. The first-order chi connectivity index (χ1) is 8.82. The number of amides is 1. The summed E-state index contributed by atoms with van der Waals surface area (Å²) in [6.07, 6.45) is 2.81. The number of benzene rings is 1. The van der Waals surface area contributed by atoms with Gasteiger partial charge in [0.15, 0.2) is 0 Å². The van der Waals surface area contributed by atoms with Crippen molar-refractivity contribution in [2.45, 2.75) is 24.8 Å². The fraction of sp³-hybridized carbons (Fsp3) is 0.533. The minimum Gasteiger partial charge on any atom is -0.332 e. The molecular formula is C15H18N2O. The molecule has 0 aliphatic carbocycles. The summed E-state index contributed by atoms with van der Waals surface area (Å²) in [6.45, 7) is 3.02. The number of hydrogen-bond donors (Lipinski definition) is 1. The van der Waals surface area contributed by atoms with E-state index < -0.39 is 0 Å². The lowest BCUT2D eigenvalue weighted by molar-refractivity contribution is -0.138. The predicted molar refractivity (Wildman–Crippen MR) is 69.1 cm³/mol. The molecule has 0 aromatic heterocycles. The lowest BCUT2D eigenvalue weighted by atomic mass is 9.70. The second kappa shape index (κ2) is 3.58. The van der Waals surface area contributed by atoms with Gasteiger partial charge in [0, 0.05) is 19.0 Å². The number of rotatable bonds is 0. The fourth-order valence-corrected chi connectivity index (χ4v) is 4.31. The van der Waals surface area contributed by atoms with Crippen LogP contribution in [0.4, 0.5) is 0 Å². The number of nitrogens with one attached hydrogen (secondary N) is 1. The Balaban J connectivity index is 1.94. The van der Waals surface area contributed by atoms with Gasteiger partial charge in [0.1, 0.15) is 0 Å². The summed E-state index contributed by atoms with van der Waals surface area (Å²) < 4.78 is 0. The third-order valence-electron chi connectivity index (χ3n) is 5.06. The van der Waals surface area contributed by atoms with Crippen molar-refractivity contribution in [3.05, 3.63) is 35.4 Å². The zero-order valence-electron chi connectivity index (χ0n) is 10.5. The highest BCUT2D eigenvalue weighted by atomic mass is 16.2. The minimum atomic E-state index is 0.0111. The summed E-state index contributed by atoms with van der Waals surface area (Å²) >= 11 is 0. The molecule has 1 aromatic rings. The van der Waals surface area contributed by atoms with Gasteiger partial charge in [-0.25, -0.2) is 0 Å². The van der Waals surface area contributed by atoms with E-state index in [2.05, 4.69) is 34.5 Å². The number of nitrogens with zero attached hydrogens (tertiary/aromatic N) is 1. The first kappa shape index (κ1) is 10.6. The third kappa shape index (κ3) is 1.15. The summed E-state index contributed by atoms with van der Waals surface area (Å²) in [5.74, 6) is 0.926. The van der Waals surface area contributed by atoms with Gasteiger partial charge in [0.05, 0.1) is 12.0 Å². The molecule has 3 heteroatoms. The lowest BCUT2D eigenvalue weighted by Gasteiger charge is -2.49. The Morgan fingerprint density at radius 3 is 3.17 bits per heavy atom. The van der Waals surface area contributed by atoms with E-state index in [1.165, 1.54) is 11.1 Å². The summed E-state index contributed by atoms with van der Waals surface area (Å²) in [5.41, 5.74) is 2.69. The zero-order chi connectivity index (χ0) is 12.2. The summed E-state index contributed by atoms with van der Waals surface area (Å²) in [6, 6.07) is 8.57. The van der Waals surface area contributed by atoms with Crippen LogP contribution in [0.3, 0.4) is 0 Å². The van der Waals surface area contributed by atoms with Crippen molar-refractivity contribution in [1.29, 1.82) is 0 Å². The van der Waals surface area contributed by atoms with E-state index >= 15 is 0 Å². The van der Waals surface area contributed by atoms with Gasteiger partial charge in [-0.3, -0.25) is 4.79 Å². The molecule has 0 unspecified atom stereocenters. The second-order valence-corrected chi connectivity index (χ2v) is 5.74. The molecule has 94 valence electrons. The van der Waals surface area contributed by atoms with Crippen molar-refractivity contribution in [1.82, 2.24) is 10.2 Å². The van der Waals surface area contributed by atoms with Crippen molar-refractivity contribution in [3.63, 3.8) is 0 Å². The number of hydrogen-bond acceptors (Lipinski definition) is 2. The van der Waals surface area contributed by atoms with E-state index in [0.29, 0.717) is 18.2 Å². The lowest BCUT2D eigenvalue weighted by Crippen LogP contribution is -2.57. The van der Waals surface area contributed by atoms with Gasteiger partial charge in [-0.05, 0) is 30.5 Å². The van der Waals surface area contributed by atoms with Crippen LogP contribution in [-0.2, 0) is 16.8 Å². The SMILES string of the molecule is O=C1Cc2ccccc2[C@]23CCNC[C@H]2CCN13. The van der Waals surface area contributed by atoms with E-state index in [-0.39, 0.29) is 5.54 Å². The van der Waals surface area contributed by atoms with E-state index in [0.717, 1.165) is 32.5 Å². The molecule has 0 saturated carbocycles. The molecule has 1 N–H and O–H groups in total. The van der Waals surface area contributed by atoms with Crippen LogP contribution in [0, 0.1) is 5.92 Å². The number of fused-ring (bicyclic) bond motifs is 1. The normalized spacial score (nSPS) is 33.9. The molecule has 3 aliphatic rings. The molecule has 0 bridgehead atoms. The molecule has 3 aliphatic heterocycles. The largest absolute Gasteiger partial charge is 0.332 e. The molecule has 18 heavy (non-hydrogen) atoms. The smallest absolute Gasteiger partial charge is 0.227 e. The molecule has 1 aromatic carbocycles. The van der Waals surface area contributed by atoms with Crippen molar-refractivity contribution in [3.8, 4) is 0 Å². The third-order valence-corrected chi connectivity index (χ3v) is 5.06. The molecule has 4 rings (SSSR count). The minimum absolute atomic E-state index is 0.0111. The molecule has 2 fully saturated rings. The van der Waals surface area contributed by atoms with Crippen LogP contribution in [0.25, 0.3) is 0 Å². The van der Waals surface area contributed by atoms with Crippen molar-refractivity contribution in [2.24, 2.45) is 5.92 Å². The Kier molecular flexibility index (Phi) is 2.10. The molecule has 2 saturated heterocycles. The van der Waals surface area contributed by atoms with E-state index in [9.17, 15) is 4.79 Å². The number of carbonyl (C=O) groups is 1. The highest BCUT2D eigenvalue weighted by molar-refractivity contribution is 5.83. The van der Waals surface area contributed by atoms with Crippen LogP contribution in [0.1, 0.15) is 24.0 Å². The fourth-order valence-electron chi connectivity index (χ4n) is 4.31. The first-order valence-electron chi connectivity index (χ1n) is 6.92. The Hall–Kier alpha value is -1.35. The standard InChI is InChI=1S/C15H18N2O/c18-14-9-11-3-1-2-4-13(11)15-6-7-16-10-12(15)5-8-17(14)15/h1-4,12,16H,5-10H2/t12-,15+/m1/s1. The maximum atomic E-state index is 12.4. The van der Waals surface area contributed by atoms with Crippen LogP contribution >= 0.6 is 0 Å². The van der Waals surface area contributed by atoms with E-state index in [4.69, 9.17) is 0 Å². The molecule has 0 radical (unpaired) electrons. The first-order valence-corrected chi connectivity index (χ1v) is 6.92. The average Bonchev–Trinajstić information content (AvgIpc) is 2.80. The molecular weight excluding hydrogens is 224 g/mol.